The van der Waals surface area contributed by atoms with E-state index in [1.807, 2.05) is 35.6 Å². The molecule has 0 radical (unpaired) electrons. The molecule has 7 heteroatoms. The summed E-state index contributed by atoms with van der Waals surface area (Å²) in [6, 6.07) is 8.64. The molecular formula is C20H21N5S2. The van der Waals surface area contributed by atoms with Gasteiger partial charge in [-0.15, -0.1) is 11.3 Å². The van der Waals surface area contributed by atoms with Gasteiger partial charge in [0.2, 0.25) is 0 Å². The van der Waals surface area contributed by atoms with Gasteiger partial charge in [0, 0.05) is 41.0 Å². The largest absolute Gasteiger partial charge is 0.341 e. The molecule has 0 N–H and O–H groups in total. The summed E-state index contributed by atoms with van der Waals surface area (Å²) in [5, 5.41) is 4.77. The molecule has 0 unspecified atom stereocenters. The van der Waals surface area contributed by atoms with Gasteiger partial charge in [-0.2, -0.15) is 0 Å². The molecule has 0 bridgehead atoms. The smallest absolute Gasteiger partial charge is 0.193 e. The second-order valence-corrected chi connectivity index (χ2v) is 9.39. The average Bonchev–Trinajstić information content (AvgIpc) is 3.40. The van der Waals surface area contributed by atoms with Crippen LogP contribution >= 0.6 is 23.1 Å². The predicted octanol–water partition coefficient (Wildman–Crippen LogP) is 4.53. The topological polar surface area (TPSA) is 46.3 Å². The summed E-state index contributed by atoms with van der Waals surface area (Å²) < 4.78 is 2.26. The fourth-order valence-electron chi connectivity index (χ4n) is 4.16. The third-order valence-electron chi connectivity index (χ3n) is 5.28. The number of hydrogen-bond acceptors (Lipinski definition) is 6. The van der Waals surface area contributed by atoms with Crippen molar-refractivity contribution in [2.24, 2.45) is 4.99 Å². The highest BCUT2D eigenvalue weighted by atomic mass is 32.2. The number of rotatable bonds is 3. The van der Waals surface area contributed by atoms with Gasteiger partial charge in [-0.25, -0.2) is 4.98 Å². The van der Waals surface area contributed by atoms with E-state index in [1.54, 1.807) is 11.3 Å². The number of nitrogens with zero attached hydrogens (tertiary/aromatic N) is 5. The number of pyridine rings is 1. The molecule has 3 aromatic heterocycles. The quantitative estimate of drug-likeness (QED) is 0.653. The van der Waals surface area contributed by atoms with Crippen LogP contribution in [-0.2, 0) is 0 Å². The molecule has 5 nitrogen and oxygen atoms in total. The van der Waals surface area contributed by atoms with Crippen molar-refractivity contribution in [2.75, 3.05) is 6.54 Å². The maximum absolute atomic E-state index is 5.09. The molecule has 0 spiro atoms. The van der Waals surface area contributed by atoms with Crippen molar-refractivity contribution < 1.29 is 0 Å². The van der Waals surface area contributed by atoms with Crippen LogP contribution in [0, 0.1) is 13.8 Å². The molecule has 2 aliphatic rings. The summed E-state index contributed by atoms with van der Waals surface area (Å²) in [7, 11) is 0. The third-order valence-corrected chi connectivity index (χ3v) is 7.14. The highest BCUT2D eigenvalue weighted by Crippen LogP contribution is 2.48. The maximum atomic E-state index is 5.09. The number of amidine groups is 1. The summed E-state index contributed by atoms with van der Waals surface area (Å²) in [6.07, 6.45) is 3.73. The lowest BCUT2D eigenvalue weighted by Gasteiger charge is -2.27. The fraction of sp³-hybridized carbons (Fsp3) is 0.350. The summed E-state index contributed by atoms with van der Waals surface area (Å²) in [6.45, 7) is 7.66. The van der Waals surface area contributed by atoms with Gasteiger partial charge in [0.1, 0.15) is 6.04 Å². The minimum absolute atomic E-state index is 0.0337. The van der Waals surface area contributed by atoms with E-state index in [-0.39, 0.29) is 12.1 Å². The molecule has 1 fully saturated rings. The van der Waals surface area contributed by atoms with Crippen LogP contribution in [0.2, 0.25) is 0 Å². The van der Waals surface area contributed by atoms with Gasteiger partial charge in [-0.3, -0.25) is 14.5 Å². The van der Waals surface area contributed by atoms with Crippen LogP contribution in [0.15, 0.2) is 47.0 Å². The maximum Gasteiger partial charge on any atom is 0.193 e. The zero-order chi connectivity index (χ0) is 18.5. The van der Waals surface area contributed by atoms with E-state index < -0.39 is 0 Å². The number of fused-ring (bicyclic) bond motifs is 1. The van der Waals surface area contributed by atoms with E-state index in [1.165, 1.54) is 17.0 Å². The summed E-state index contributed by atoms with van der Waals surface area (Å²) in [5.74, 6) is 0. The number of hydrogen-bond donors (Lipinski definition) is 0. The SMILES string of the molecule is Cc1cc([C@@H]2[C@H](c3ccccn3)N=C3S[C@H](C)CN32)c(C)n1-c1nccs1. The first kappa shape index (κ1) is 17.0. The Morgan fingerprint density at radius 1 is 1.15 bits per heavy atom. The number of thioether (sulfide) groups is 1. The van der Waals surface area contributed by atoms with Gasteiger partial charge in [-0.05, 0) is 37.6 Å². The van der Waals surface area contributed by atoms with Crippen LogP contribution in [0.5, 0.6) is 0 Å². The van der Waals surface area contributed by atoms with E-state index in [9.17, 15) is 0 Å². The number of aryl methyl sites for hydroxylation is 1. The summed E-state index contributed by atoms with van der Waals surface area (Å²) >= 11 is 3.55. The number of thiazole rings is 1. The molecule has 5 rings (SSSR count). The van der Waals surface area contributed by atoms with Crippen molar-refractivity contribution >= 4 is 28.3 Å². The molecule has 2 aliphatic heterocycles. The number of aromatic nitrogens is 3. The van der Waals surface area contributed by atoms with Gasteiger partial charge in [0.15, 0.2) is 10.3 Å². The van der Waals surface area contributed by atoms with Crippen LogP contribution in [0.3, 0.4) is 0 Å². The Balaban J connectivity index is 1.63. The van der Waals surface area contributed by atoms with Gasteiger partial charge in [0.25, 0.3) is 0 Å². The molecule has 138 valence electrons. The van der Waals surface area contributed by atoms with Crippen LogP contribution in [-0.4, -0.2) is 36.4 Å². The van der Waals surface area contributed by atoms with E-state index >= 15 is 0 Å². The van der Waals surface area contributed by atoms with Crippen molar-refractivity contribution in [2.45, 2.75) is 38.1 Å². The van der Waals surface area contributed by atoms with Crippen molar-refractivity contribution in [1.29, 1.82) is 0 Å². The Kier molecular flexibility index (Phi) is 4.09. The first-order chi connectivity index (χ1) is 13.1. The lowest BCUT2D eigenvalue weighted by atomic mass is 9.96. The Morgan fingerprint density at radius 3 is 2.78 bits per heavy atom. The van der Waals surface area contributed by atoms with Gasteiger partial charge >= 0.3 is 0 Å². The minimum atomic E-state index is 0.0337. The van der Waals surface area contributed by atoms with Crippen molar-refractivity contribution in [3.8, 4) is 5.13 Å². The molecule has 27 heavy (non-hydrogen) atoms. The van der Waals surface area contributed by atoms with Crippen molar-refractivity contribution in [3.05, 3.63) is 64.7 Å². The van der Waals surface area contributed by atoms with E-state index in [2.05, 4.69) is 58.4 Å². The lowest BCUT2D eigenvalue weighted by molar-refractivity contribution is 0.320. The second kappa shape index (κ2) is 6.49. The van der Waals surface area contributed by atoms with Crippen LogP contribution in [0.25, 0.3) is 5.13 Å². The molecule has 3 aromatic rings. The molecule has 3 atom stereocenters. The third kappa shape index (κ3) is 2.72. The highest BCUT2D eigenvalue weighted by Gasteiger charge is 2.44. The minimum Gasteiger partial charge on any atom is -0.341 e. The second-order valence-electron chi connectivity index (χ2n) is 7.11. The molecule has 0 saturated carbocycles. The fourth-order valence-corrected chi connectivity index (χ4v) is 6.01. The zero-order valence-corrected chi connectivity index (χ0v) is 17.2. The highest BCUT2D eigenvalue weighted by molar-refractivity contribution is 8.14. The molecule has 0 amide bonds. The predicted molar refractivity (Wildman–Crippen MR) is 112 cm³/mol. The first-order valence-electron chi connectivity index (χ1n) is 9.14. The number of aliphatic imine (C=N–C) groups is 1. The Labute approximate surface area is 167 Å². The standard InChI is InChI=1S/C20H21N5S2/c1-12-10-15(14(3)25(12)19-22-8-9-26-19)18-17(16-6-4-5-7-21-16)23-20-24(18)11-13(2)27-20/h4-10,13,17-18H,11H2,1-3H3/t13-,17+,18-/m1/s1. The monoisotopic (exact) mass is 395 g/mol. The molecule has 5 heterocycles. The molecule has 0 aromatic carbocycles. The van der Waals surface area contributed by atoms with E-state index in [0.29, 0.717) is 5.25 Å². The van der Waals surface area contributed by atoms with Crippen molar-refractivity contribution in [1.82, 2.24) is 19.4 Å². The van der Waals surface area contributed by atoms with Gasteiger partial charge in [-0.1, -0.05) is 24.8 Å². The lowest BCUT2D eigenvalue weighted by Crippen LogP contribution is -2.28. The Bertz CT molecular complexity index is 993. The Morgan fingerprint density at radius 2 is 2.04 bits per heavy atom. The normalized spacial score (nSPS) is 24.3. The van der Waals surface area contributed by atoms with Crippen LogP contribution in [0.4, 0.5) is 0 Å². The zero-order valence-electron chi connectivity index (χ0n) is 15.5. The average molecular weight is 396 g/mol. The van der Waals surface area contributed by atoms with Crippen molar-refractivity contribution in [3.63, 3.8) is 0 Å². The van der Waals surface area contributed by atoms with E-state index in [0.717, 1.165) is 22.5 Å². The van der Waals surface area contributed by atoms with E-state index in [4.69, 9.17) is 4.99 Å². The van der Waals surface area contributed by atoms with Gasteiger partial charge < -0.3 is 4.90 Å². The van der Waals surface area contributed by atoms with Gasteiger partial charge in [0.05, 0.1) is 11.7 Å². The first-order valence-corrected chi connectivity index (χ1v) is 10.9. The molecule has 1 saturated heterocycles. The van der Waals surface area contributed by atoms with Crippen LogP contribution < -0.4 is 0 Å². The Hall–Kier alpha value is -2.12. The molecular weight excluding hydrogens is 374 g/mol. The molecule has 0 aliphatic carbocycles. The van der Waals surface area contributed by atoms with Crippen LogP contribution in [0.1, 0.15) is 41.7 Å². The summed E-state index contributed by atoms with van der Waals surface area (Å²) in [4.78, 5) is 16.7. The summed E-state index contributed by atoms with van der Waals surface area (Å²) in [5.41, 5.74) is 4.82.